The van der Waals surface area contributed by atoms with Crippen molar-refractivity contribution in [3.8, 4) is 17.2 Å². The van der Waals surface area contributed by atoms with Crippen molar-refractivity contribution in [1.82, 2.24) is 0 Å². The lowest BCUT2D eigenvalue weighted by Gasteiger charge is -2.12. The molecule has 2 aromatic carbocycles. The second-order valence-corrected chi connectivity index (χ2v) is 5.11. The van der Waals surface area contributed by atoms with Crippen molar-refractivity contribution in [2.24, 2.45) is 0 Å². The third kappa shape index (κ3) is 4.29. The molecule has 0 saturated heterocycles. The zero-order chi connectivity index (χ0) is 15.6. The predicted molar refractivity (Wildman–Crippen MR) is 76.5 cm³/mol. The van der Waals surface area contributed by atoms with Crippen molar-refractivity contribution in [3.05, 3.63) is 46.4 Å². The molecule has 2 rings (SSSR count). The number of aryl methyl sites for hydroxylation is 1. The summed E-state index contributed by atoms with van der Waals surface area (Å²) in [5.41, 5.74) is 7.19. The summed E-state index contributed by atoms with van der Waals surface area (Å²) >= 11 is 3.01. The maximum Gasteiger partial charge on any atom is 0.573 e. The quantitative estimate of drug-likeness (QED) is 0.779. The normalized spacial score (nSPS) is 11.3. The van der Waals surface area contributed by atoms with Crippen molar-refractivity contribution in [1.29, 1.82) is 0 Å². The van der Waals surface area contributed by atoms with Gasteiger partial charge in [0, 0.05) is 5.69 Å². The molecule has 7 heteroatoms. The Morgan fingerprint density at radius 1 is 1.05 bits per heavy atom. The van der Waals surface area contributed by atoms with Crippen LogP contribution in [-0.4, -0.2) is 6.36 Å². The summed E-state index contributed by atoms with van der Waals surface area (Å²) < 4.78 is 46.0. The predicted octanol–water partition coefficient (Wildman–Crippen LogP) is 5.03. The Morgan fingerprint density at radius 3 is 2.24 bits per heavy atom. The summed E-state index contributed by atoms with van der Waals surface area (Å²) in [6.45, 7) is 1.83. The molecule has 21 heavy (non-hydrogen) atoms. The van der Waals surface area contributed by atoms with Crippen LogP contribution >= 0.6 is 15.9 Å². The zero-order valence-electron chi connectivity index (χ0n) is 10.9. The molecule has 2 aromatic rings. The Morgan fingerprint density at radius 2 is 1.67 bits per heavy atom. The van der Waals surface area contributed by atoms with E-state index in [0.29, 0.717) is 17.2 Å². The monoisotopic (exact) mass is 361 g/mol. The van der Waals surface area contributed by atoms with Crippen LogP contribution in [0.25, 0.3) is 0 Å². The van der Waals surface area contributed by atoms with Crippen LogP contribution in [0.3, 0.4) is 0 Å². The molecule has 0 aliphatic heterocycles. The number of nitrogens with two attached hydrogens (primary N) is 1. The van der Waals surface area contributed by atoms with E-state index in [9.17, 15) is 13.2 Å². The lowest BCUT2D eigenvalue weighted by molar-refractivity contribution is -0.274. The standard InChI is InChI=1S/C14H11BrF3NO2/c1-8-6-9(2-4-12(8)19)20-10-3-5-13(11(15)7-10)21-14(16,17)18/h2-7H,19H2,1H3. The van der Waals surface area contributed by atoms with E-state index in [-0.39, 0.29) is 10.2 Å². The molecule has 0 aliphatic rings. The van der Waals surface area contributed by atoms with Gasteiger partial charge in [-0.3, -0.25) is 0 Å². The fourth-order valence-electron chi connectivity index (χ4n) is 1.60. The number of ether oxygens (including phenoxy) is 2. The van der Waals surface area contributed by atoms with Gasteiger partial charge in [-0.25, -0.2) is 0 Å². The van der Waals surface area contributed by atoms with Gasteiger partial charge in [-0.05, 0) is 64.8 Å². The van der Waals surface area contributed by atoms with Crippen LogP contribution < -0.4 is 15.2 Å². The highest BCUT2D eigenvalue weighted by atomic mass is 79.9. The molecule has 0 unspecified atom stereocenters. The van der Waals surface area contributed by atoms with Crippen LogP contribution in [0, 0.1) is 6.92 Å². The van der Waals surface area contributed by atoms with Crippen molar-refractivity contribution in [2.75, 3.05) is 5.73 Å². The first-order valence-corrected chi connectivity index (χ1v) is 6.63. The molecule has 2 N–H and O–H groups in total. The summed E-state index contributed by atoms with van der Waals surface area (Å²) in [4.78, 5) is 0. The van der Waals surface area contributed by atoms with E-state index in [1.807, 2.05) is 6.92 Å². The van der Waals surface area contributed by atoms with Gasteiger partial charge in [0.2, 0.25) is 0 Å². The lowest BCUT2D eigenvalue weighted by atomic mass is 10.2. The first-order valence-electron chi connectivity index (χ1n) is 5.84. The van der Waals surface area contributed by atoms with Crippen molar-refractivity contribution in [2.45, 2.75) is 13.3 Å². The minimum Gasteiger partial charge on any atom is -0.457 e. The van der Waals surface area contributed by atoms with Gasteiger partial charge >= 0.3 is 6.36 Å². The average molecular weight is 362 g/mol. The van der Waals surface area contributed by atoms with Crippen molar-refractivity contribution in [3.63, 3.8) is 0 Å². The van der Waals surface area contributed by atoms with Crippen molar-refractivity contribution < 1.29 is 22.6 Å². The van der Waals surface area contributed by atoms with E-state index in [1.54, 1.807) is 18.2 Å². The fraction of sp³-hybridized carbons (Fsp3) is 0.143. The van der Waals surface area contributed by atoms with E-state index in [2.05, 4.69) is 20.7 Å². The van der Waals surface area contributed by atoms with Gasteiger partial charge in [0.25, 0.3) is 0 Å². The zero-order valence-corrected chi connectivity index (χ0v) is 12.5. The Labute approximate surface area is 127 Å². The molecule has 112 valence electrons. The lowest BCUT2D eigenvalue weighted by Crippen LogP contribution is -2.17. The summed E-state index contributed by atoms with van der Waals surface area (Å²) in [5.74, 6) is 0.585. The van der Waals surface area contributed by atoms with Gasteiger partial charge in [0.15, 0.2) is 0 Å². The summed E-state index contributed by atoms with van der Waals surface area (Å²) in [6, 6.07) is 9.07. The van der Waals surface area contributed by atoms with Crippen LogP contribution in [0.1, 0.15) is 5.56 Å². The van der Waals surface area contributed by atoms with Gasteiger partial charge in [-0.15, -0.1) is 13.2 Å². The van der Waals surface area contributed by atoms with Crippen LogP contribution in [0.4, 0.5) is 18.9 Å². The third-order valence-corrected chi connectivity index (χ3v) is 3.23. The number of hydrogen-bond donors (Lipinski definition) is 1. The molecule has 0 amide bonds. The molecule has 0 aromatic heterocycles. The molecular formula is C14H11BrF3NO2. The largest absolute Gasteiger partial charge is 0.573 e. The average Bonchev–Trinajstić information content (AvgIpc) is 2.36. The topological polar surface area (TPSA) is 44.5 Å². The number of nitrogen functional groups attached to an aromatic ring is 1. The van der Waals surface area contributed by atoms with Crippen LogP contribution in [0.15, 0.2) is 40.9 Å². The first kappa shape index (κ1) is 15.5. The first-order chi connectivity index (χ1) is 9.74. The maximum atomic E-state index is 12.2. The van der Waals surface area contributed by atoms with Gasteiger partial charge in [-0.1, -0.05) is 0 Å². The molecule has 3 nitrogen and oxygen atoms in total. The molecule has 0 saturated carbocycles. The number of halogens is 4. The Hall–Kier alpha value is -1.89. The number of benzene rings is 2. The van der Waals surface area contributed by atoms with Gasteiger partial charge < -0.3 is 15.2 Å². The molecule has 0 radical (unpaired) electrons. The molecular weight excluding hydrogens is 351 g/mol. The number of anilines is 1. The van der Waals surface area contributed by atoms with Gasteiger partial charge in [-0.2, -0.15) is 0 Å². The molecule has 0 heterocycles. The molecule has 0 atom stereocenters. The maximum absolute atomic E-state index is 12.2. The second-order valence-electron chi connectivity index (χ2n) is 4.26. The SMILES string of the molecule is Cc1cc(Oc2ccc(OC(F)(F)F)c(Br)c2)ccc1N. The highest BCUT2D eigenvalue weighted by Crippen LogP contribution is 2.35. The number of rotatable bonds is 3. The van der Waals surface area contributed by atoms with E-state index in [1.165, 1.54) is 18.2 Å². The van der Waals surface area contributed by atoms with Gasteiger partial charge in [0.1, 0.15) is 17.2 Å². The Bertz CT molecular complexity index is 659. The van der Waals surface area contributed by atoms with Crippen LogP contribution in [-0.2, 0) is 0 Å². The van der Waals surface area contributed by atoms with Crippen molar-refractivity contribution >= 4 is 21.6 Å². The minimum atomic E-state index is -4.74. The fourth-order valence-corrected chi connectivity index (χ4v) is 2.04. The third-order valence-electron chi connectivity index (χ3n) is 2.61. The second kappa shape index (κ2) is 5.85. The minimum absolute atomic E-state index is 0.143. The summed E-state index contributed by atoms with van der Waals surface area (Å²) in [5, 5.41) is 0. The van der Waals surface area contributed by atoms with Crippen LogP contribution in [0.5, 0.6) is 17.2 Å². The highest BCUT2D eigenvalue weighted by Gasteiger charge is 2.32. The Kier molecular flexibility index (Phi) is 4.32. The van der Waals surface area contributed by atoms with Crippen LogP contribution in [0.2, 0.25) is 0 Å². The van der Waals surface area contributed by atoms with E-state index in [0.717, 1.165) is 5.56 Å². The molecule has 0 spiro atoms. The summed E-state index contributed by atoms with van der Waals surface area (Å²) in [6.07, 6.45) is -4.74. The van der Waals surface area contributed by atoms with Gasteiger partial charge in [0.05, 0.1) is 4.47 Å². The smallest absolute Gasteiger partial charge is 0.457 e. The molecule has 0 bridgehead atoms. The van der Waals surface area contributed by atoms with E-state index < -0.39 is 6.36 Å². The molecule has 0 fully saturated rings. The Balaban J connectivity index is 2.18. The number of hydrogen-bond acceptors (Lipinski definition) is 3. The number of alkyl halides is 3. The molecule has 0 aliphatic carbocycles. The van der Waals surface area contributed by atoms with E-state index >= 15 is 0 Å². The summed E-state index contributed by atoms with van der Waals surface area (Å²) in [7, 11) is 0. The highest BCUT2D eigenvalue weighted by molar-refractivity contribution is 9.10. The van der Waals surface area contributed by atoms with E-state index in [4.69, 9.17) is 10.5 Å².